The van der Waals surface area contributed by atoms with Crippen LogP contribution in [0.3, 0.4) is 0 Å². The maximum absolute atomic E-state index is 3.69. The molecule has 0 heterocycles. The first-order valence-corrected chi connectivity index (χ1v) is 7.46. The molecule has 1 N–H and O–H groups in total. The van der Waals surface area contributed by atoms with Gasteiger partial charge in [0.05, 0.1) is 0 Å². The molecule has 0 aliphatic heterocycles. The molecular formula is C17H30N2. The van der Waals surface area contributed by atoms with Crippen LogP contribution in [0.5, 0.6) is 0 Å². The summed E-state index contributed by atoms with van der Waals surface area (Å²) in [5, 5.41) is 3.69. The van der Waals surface area contributed by atoms with Crippen LogP contribution < -0.4 is 5.32 Å². The largest absolute Gasteiger partial charge is 0.314 e. The first kappa shape index (κ1) is 16.2. The molecule has 2 nitrogen and oxygen atoms in total. The second-order valence-electron chi connectivity index (χ2n) is 5.94. The van der Waals surface area contributed by atoms with Gasteiger partial charge in [-0.3, -0.25) is 0 Å². The molecule has 2 heteroatoms. The third kappa shape index (κ3) is 6.74. The van der Waals surface area contributed by atoms with Crippen LogP contribution in [-0.4, -0.2) is 38.1 Å². The van der Waals surface area contributed by atoms with Crippen molar-refractivity contribution in [3.63, 3.8) is 0 Å². The first-order valence-electron chi connectivity index (χ1n) is 7.46. The summed E-state index contributed by atoms with van der Waals surface area (Å²) >= 11 is 0. The van der Waals surface area contributed by atoms with Crippen molar-refractivity contribution >= 4 is 0 Å². The fourth-order valence-corrected chi connectivity index (χ4v) is 2.51. The third-order valence-electron chi connectivity index (χ3n) is 3.37. The molecule has 0 fully saturated rings. The van der Waals surface area contributed by atoms with E-state index < -0.39 is 0 Å². The Morgan fingerprint density at radius 2 is 1.74 bits per heavy atom. The zero-order valence-corrected chi connectivity index (χ0v) is 13.3. The molecule has 1 atom stereocenters. The Morgan fingerprint density at radius 3 is 2.26 bits per heavy atom. The summed E-state index contributed by atoms with van der Waals surface area (Å²) in [6.45, 7) is 8.86. The van der Waals surface area contributed by atoms with E-state index in [0.29, 0.717) is 6.04 Å². The molecule has 1 unspecified atom stereocenters. The van der Waals surface area contributed by atoms with Crippen LogP contribution in [0.4, 0.5) is 0 Å². The van der Waals surface area contributed by atoms with E-state index >= 15 is 0 Å². The summed E-state index contributed by atoms with van der Waals surface area (Å²) in [5.41, 5.74) is 4.21. The molecule has 108 valence electrons. The van der Waals surface area contributed by atoms with Gasteiger partial charge in [0.2, 0.25) is 0 Å². The highest BCUT2D eigenvalue weighted by Crippen LogP contribution is 2.12. The molecule has 1 rings (SSSR count). The van der Waals surface area contributed by atoms with Gasteiger partial charge in [-0.15, -0.1) is 0 Å². The van der Waals surface area contributed by atoms with Crippen LogP contribution in [0.1, 0.15) is 36.5 Å². The normalized spacial score (nSPS) is 12.9. The van der Waals surface area contributed by atoms with E-state index in [9.17, 15) is 0 Å². The Bertz CT molecular complexity index is 351. The molecule has 0 bridgehead atoms. The minimum Gasteiger partial charge on any atom is -0.314 e. The van der Waals surface area contributed by atoms with Gasteiger partial charge in [-0.1, -0.05) is 36.2 Å². The van der Waals surface area contributed by atoms with E-state index in [0.717, 1.165) is 19.5 Å². The number of benzene rings is 1. The van der Waals surface area contributed by atoms with Crippen molar-refractivity contribution in [3.05, 3.63) is 34.9 Å². The lowest BCUT2D eigenvalue weighted by Crippen LogP contribution is -2.34. The van der Waals surface area contributed by atoms with Crippen molar-refractivity contribution in [1.29, 1.82) is 0 Å². The molecule has 0 aliphatic rings. The van der Waals surface area contributed by atoms with E-state index in [-0.39, 0.29) is 0 Å². The van der Waals surface area contributed by atoms with Gasteiger partial charge < -0.3 is 10.2 Å². The van der Waals surface area contributed by atoms with E-state index in [1.165, 1.54) is 29.5 Å². The van der Waals surface area contributed by atoms with Gasteiger partial charge in [0.15, 0.2) is 0 Å². The average molecular weight is 262 g/mol. The zero-order chi connectivity index (χ0) is 14.3. The lowest BCUT2D eigenvalue weighted by molar-refractivity contribution is 0.356. The van der Waals surface area contributed by atoms with Gasteiger partial charge in [0.25, 0.3) is 0 Å². The van der Waals surface area contributed by atoms with Crippen LogP contribution in [-0.2, 0) is 6.42 Å². The Kier molecular flexibility index (Phi) is 7.11. The number of nitrogens with one attached hydrogen (secondary N) is 1. The standard InChI is InChI=1S/C17H30N2/c1-6-8-18-17(7-9-19(4)5)13-16-11-14(2)10-15(3)12-16/h10-12,17-18H,6-9,13H2,1-5H3. The third-order valence-corrected chi connectivity index (χ3v) is 3.37. The fourth-order valence-electron chi connectivity index (χ4n) is 2.51. The number of aryl methyl sites for hydroxylation is 2. The van der Waals surface area contributed by atoms with Crippen molar-refractivity contribution in [2.24, 2.45) is 0 Å². The summed E-state index contributed by atoms with van der Waals surface area (Å²) in [5.74, 6) is 0. The van der Waals surface area contributed by atoms with Crippen molar-refractivity contribution < 1.29 is 0 Å². The molecule has 0 amide bonds. The van der Waals surface area contributed by atoms with Gasteiger partial charge in [-0.05, 0) is 65.9 Å². The van der Waals surface area contributed by atoms with E-state index in [1.54, 1.807) is 0 Å². The summed E-state index contributed by atoms with van der Waals surface area (Å²) in [6.07, 6.45) is 3.54. The van der Waals surface area contributed by atoms with Crippen LogP contribution in [0.15, 0.2) is 18.2 Å². The Morgan fingerprint density at radius 1 is 1.11 bits per heavy atom. The fraction of sp³-hybridized carbons (Fsp3) is 0.647. The predicted molar refractivity (Wildman–Crippen MR) is 84.9 cm³/mol. The van der Waals surface area contributed by atoms with Gasteiger partial charge in [-0.25, -0.2) is 0 Å². The minimum atomic E-state index is 0.587. The zero-order valence-electron chi connectivity index (χ0n) is 13.3. The Balaban J connectivity index is 2.63. The smallest absolute Gasteiger partial charge is 0.0120 e. The number of hydrogen-bond acceptors (Lipinski definition) is 2. The van der Waals surface area contributed by atoms with Gasteiger partial charge in [0, 0.05) is 6.04 Å². The second kappa shape index (κ2) is 8.34. The molecule has 1 aromatic rings. The van der Waals surface area contributed by atoms with Crippen LogP contribution in [0.25, 0.3) is 0 Å². The lowest BCUT2D eigenvalue weighted by Gasteiger charge is -2.21. The van der Waals surface area contributed by atoms with Crippen LogP contribution in [0, 0.1) is 13.8 Å². The highest BCUT2D eigenvalue weighted by Gasteiger charge is 2.10. The first-order chi connectivity index (χ1) is 9.01. The van der Waals surface area contributed by atoms with Gasteiger partial charge in [0.1, 0.15) is 0 Å². The summed E-state index contributed by atoms with van der Waals surface area (Å²) in [4.78, 5) is 2.27. The molecule has 0 aliphatic carbocycles. The minimum absolute atomic E-state index is 0.587. The van der Waals surface area contributed by atoms with E-state index in [1.807, 2.05) is 0 Å². The molecule has 0 spiro atoms. The number of nitrogens with zero attached hydrogens (tertiary/aromatic N) is 1. The number of rotatable bonds is 8. The predicted octanol–water partition coefficient (Wildman–Crippen LogP) is 3.17. The quantitative estimate of drug-likeness (QED) is 0.774. The monoisotopic (exact) mass is 262 g/mol. The maximum Gasteiger partial charge on any atom is 0.0120 e. The molecular weight excluding hydrogens is 232 g/mol. The summed E-state index contributed by atoms with van der Waals surface area (Å²) in [7, 11) is 4.29. The van der Waals surface area contributed by atoms with Gasteiger partial charge >= 0.3 is 0 Å². The van der Waals surface area contributed by atoms with Crippen molar-refractivity contribution in [3.8, 4) is 0 Å². The highest BCUT2D eigenvalue weighted by molar-refractivity contribution is 5.29. The van der Waals surface area contributed by atoms with E-state index in [2.05, 4.69) is 63.3 Å². The van der Waals surface area contributed by atoms with Crippen molar-refractivity contribution in [2.75, 3.05) is 27.2 Å². The van der Waals surface area contributed by atoms with Gasteiger partial charge in [-0.2, -0.15) is 0 Å². The van der Waals surface area contributed by atoms with Crippen LogP contribution in [0.2, 0.25) is 0 Å². The molecule has 0 saturated heterocycles. The molecule has 0 aromatic heterocycles. The summed E-state index contributed by atoms with van der Waals surface area (Å²) < 4.78 is 0. The van der Waals surface area contributed by atoms with E-state index in [4.69, 9.17) is 0 Å². The Hall–Kier alpha value is -0.860. The SMILES string of the molecule is CCCNC(CCN(C)C)Cc1cc(C)cc(C)c1. The molecule has 0 radical (unpaired) electrons. The molecule has 0 saturated carbocycles. The molecule has 19 heavy (non-hydrogen) atoms. The average Bonchev–Trinajstić information content (AvgIpc) is 2.31. The van der Waals surface area contributed by atoms with Crippen LogP contribution >= 0.6 is 0 Å². The lowest BCUT2D eigenvalue weighted by atomic mass is 9.99. The topological polar surface area (TPSA) is 15.3 Å². The second-order valence-corrected chi connectivity index (χ2v) is 5.94. The van der Waals surface area contributed by atoms with Crippen molar-refractivity contribution in [1.82, 2.24) is 10.2 Å². The summed E-state index contributed by atoms with van der Waals surface area (Å²) in [6, 6.07) is 7.48. The highest BCUT2D eigenvalue weighted by atomic mass is 15.1. The number of hydrogen-bond donors (Lipinski definition) is 1. The van der Waals surface area contributed by atoms with Crippen molar-refractivity contribution in [2.45, 2.75) is 46.1 Å². The Labute approximate surface area is 119 Å². The maximum atomic E-state index is 3.69. The molecule has 1 aromatic carbocycles.